The van der Waals surface area contributed by atoms with Gasteiger partial charge in [-0.05, 0) is 30.3 Å². The molecule has 1 saturated heterocycles. The molecule has 3 rings (SSSR count). The van der Waals surface area contributed by atoms with Crippen molar-refractivity contribution < 1.29 is 23.8 Å². The lowest BCUT2D eigenvalue weighted by molar-refractivity contribution is -0.125. The van der Waals surface area contributed by atoms with E-state index < -0.39 is 11.8 Å². The van der Waals surface area contributed by atoms with Gasteiger partial charge in [-0.25, -0.2) is 14.2 Å². The van der Waals surface area contributed by atoms with Gasteiger partial charge in [-0.1, -0.05) is 0 Å². The molecule has 0 unspecified atom stereocenters. The molecule has 1 aliphatic rings. The van der Waals surface area contributed by atoms with E-state index in [1.54, 1.807) is 29.2 Å². The van der Waals surface area contributed by atoms with Crippen molar-refractivity contribution in [3.8, 4) is 0 Å². The highest BCUT2D eigenvalue weighted by atomic mass is 19.1. The second-order valence-electron chi connectivity index (χ2n) is 5.12. The van der Waals surface area contributed by atoms with Gasteiger partial charge in [0.15, 0.2) is 0 Å². The predicted molar refractivity (Wildman–Crippen MR) is 84.1 cm³/mol. The molecule has 7 nitrogen and oxygen atoms in total. The number of nitrogens with zero attached hydrogens (tertiary/aromatic N) is 2. The molecule has 2 heterocycles. The molecular weight excluding hydrogens is 317 g/mol. The van der Waals surface area contributed by atoms with E-state index in [0.717, 1.165) is 18.0 Å². The Morgan fingerprint density at radius 3 is 2.75 bits per heavy atom. The average molecular weight is 331 g/mol. The fourth-order valence-corrected chi connectivity index (χ4v) is 2.35. The van der Waals surface area contributed by atoms with Gasteiger partial charge in [-0.2, -0.15) is 0 Å². The number of aromatic nitrogens is 1. The van der Waals surface area contributed by atoms with Crippen molar-refractivity contribution >= 4 is 29.1 Å². The molecule has 2 N–H and O–H groups in total. The number of amides is 1. The number of pyridine rings is 1. The van der Waals surface area contributed by atoms with Crippen molar-refractivity contribution in [1.29, 1.82) is 0 Å². The van der Waals surface area contributed by atoms with Gasteiger partial charge in [-0.15, -0.1) is 0 Å². The first-order valence-corrected chi connectivity index (χ1v) is 7.18. The van der Waals surface area contributed by atoms with Crippen molar-refractivity contribution in [2.75, 3.05) is 30.0 Å². The summed E-state index contributed by atoms with van der Waals surface area (Å²) in [5.41, 5.74) is 1.03. The lowest BCUT2D eigenvalue weighted by Crippen LogP contribution is -2.41. The minimum atomic E-state index is -1.28. The Balaban J connectivity index is 1.80. The molecule has 0 bridgehead atoms. The Kier molecular flexibility index (Phi) is 4.39. The summed E-state index contributed by atoms with van der Waals surface area (Å²) in [5, 5.41) is 11.9. The van der Waals surface area contributed by atoms with Crippen molar-refractivity contribution in [2.24, 2.45) is 0 Å². The number of aromatic carboxylic acids is 1. The first-order valence-electron chi connectivity index (χ1n) is 7.18. The Morgan fingerprint density at radius 1 is 1.33 bits per heavy atom. The summed E-state index contributed by atoms with van der Waals surface area (Å²) in [4.78, 5) is 28.3. The van der Waals surface area contributed by atoms with Crippen molar-refractivity contribution in [2.45, 2.75) is 0 Å². The number of morpholine rings is 1. The molecule has 0 aliphatic carbocycles. The van der Waals surface area contributed by atoms with Crippen LogP contribution in [-0.4, -0.2) is 41.7 Å². The normalized spacial score (nSPS) is 14.5. The predicted octanol–water partition coefficient (Wildman–Crippen LogP) is 2.03. The Labute approximate surface area is 136 Å². The van der Waals surface area contributed by atoms with Crippen LogP contribution in [0, 0.1) is 5.82 Å². The molecule has 8 heteroatoms. The molecular formula is C16H14FN3O4. The highest BCUT2D eigenvalue weighted by Crippen LogP contribution is 2.23. The zero-order chi connectivity index (χ0) is 17.1. The van der Waals surface area contributed by atoms with Crippen LogP contribution in [0.25, 0.3) is 0 Å². The van der Waals surface area contributed by atoms with E-state index >= 15 is 0 Å². The molecule has 124 valence electrons. The molecule has 0 spiro atoms. The van der Waals surface area contributed by atoms with Gasteiger partial charge >= 0.3 is 5.97 Å². The summed E-state index contributed by atoms with van der Waals surface area (Å²) in [7, 11) is 0. The van der Waals surface area contributed by atoms with Gasteiger partial charge in [-0.3, -0.25) is 4.79 Å². The first kappa shape index (κ1) is 15.9. The van der Waals surface area contributed by atoms with Crippen LogP contribution in [0.5, 0.6) is 0 Å². The quantitative estimate of drug-likeness (QED) is 0.891. The standard InChI is InChI=1S/C16H14FN3O4/c17-10-7-13(16(22)23)15(18-8-10)19-11-1-3-12(4-2-11)20-5-6-24-9-14(20)21/h1-4,7-8H,5-6,9H2,(H,18,19)(H,22,23). The smallest absolute Gasteiger partial charge is 0.339 e. The third-order valence-corrected chi connectivity index (χ3v) is 3.51. The summed E-state index contributed by atoms with van der Waals surface area (Å²) in [5.74, 6) is -2.08. The summed E-state index contributed by atoms with van der Waals surface area (Å²) in [6.07, 6.45) is 0.940. The maximum absolute atomic E-state index is 13.1. The van der Waals surface area contributed by atoms with Crippen LogP contribution in [-0.2, 0) is 9.53 Å². The van der Waals surface area contributed by atoms with Gasteiger partial charge in [0, 0.05) is 17.9 Å². The number of ether oxygens (including phenoxy) is 1. The maximum atomic E-state index is 13.1. The number of carboxylic acid groups (broad SMARTS) is 1. The summed E-state index contributed by atoms with van der Waals surface area (Å²) < 4.78 is 18.2. The molecule has 2 aromatic rings. The molecule has 1 aromatic heterocycles. The zero-order valence-corrected chi connectivity index (χ0v) is 12.5. The minimum Gasteiger partial charge on any atom is -0.478 e. The Hall–Kier alpha value is -3.00. The van der Waals surface area contributed by atoms with E-state index in [1.807, 2.05) is 0 Å². The SMILES string of the molecule is O=C(O)c1cc(F)cnc1Nc1ccc(N2CCOCC2=O)cc1. The molecule has 1 aromatic carbocycles. The first-order chi connectivity index (χ1) is 11.5. The second-order valence-corrected chi connectivity index (χ2v) is 5.12. The van der Waals surface area contributed by atoms with Crippen LogP contribution in [0.2, 0.25) is 0 Å². The molecule has 0 atom stereocenters. The van der Waals surface area contributed by atoms with Gasteiger partial charge in [0.1, 0.15) is 23.8 Å². The molecule has 1 aliphatic heterocycles. The number of anilines is 3. The number of hydrogen-bond donors (Lipinski definition) is 2. The van der Waals surface area contributed by atoms with Crippen LogP contribution in [0.15, 0.2) is 36.5 Å². The number of carbonyl (C=O) groups excluding carboxylic acids is 1. The van der Waals surface area contributed by atoms with Crippen LogP contribution >= 0.6 is 0 Å². The van der Waals surface area contributed by atoms with E-state index in [9.17, 15) is 14.0 Å². The number of halogens is 1. The lowest BCUT2D eigenvalue weighted by atomic mass is 10.2. The van der Waals surface area contributed by atoms with Crippen LogP contribution in [0.3, 0.4) is 0 Å². The largest absolute Gasteiger partial charge is 0.478 e. The number of nitrogens with one attached hydrogen (secondary N) is 1. The topological polar surface area (TPSA) is 91.8 Å². The minimum absolute atomic E-state index is 0.0408. The zero-order valence-electron chi connectivity index (χ0n) is 12.5. The molecule has 24 heavy (non-hydrogen) atoms. The van der Waals surface area contributed by atoms with Crippen LogP contribution in [0.4, 0.5) is 21.6 Å². The van der Waals surface area contributed by atoms with Gasteiger partial charge in [0.05, 0.1) is 12.8 Å². The van der Waals surface area contributed by atoms with E-state index in [4.69, 9.17) is 9.84 Å². The number of benzene rings is 1. The number of rotatable bonds is 4. The second kappa shape index (κ2) is 6.63. The average Bonchev–Trinajstić information content (AvgIpc) is 2.57. The monoisotopic (exact) mass is 331 g/mol. The number of carbonyl (C=O) groups is 2. The molecule has 0 radical (unpaired) electrons. The van der Waals surface area contributed by atoms with E-state index in [1.165, 1.54) is 0 Å². The molecule has 1 fully saturated rings. The van der Waals surface area contributed by atoms with Crippen LogP contribution < -0.4 is 10.2 Å². The molecule has 1 amide bonds. The van der Waals surface area contributed by atoms with Crippen molar-refractivity contribution in [3.05, 3.63) is 47.9 Å². The van der Waals surface area contributed by atoms with Crippen LogP contribution in [0.1, 0.15) is 10.4 Å². The van der Waals surface area contributed by atoms with Gasteiger partial charge in [0.2, 0.25) is 0 Å². The Morgan fingerprint density at radius 2 is 2.08 bits per heavy atom. The van der Waals surface area contributed by atoms with E-state index in [-0.39, 0.29) is 23.9 Å². The third-order valence-electron chi connectivity index (χ3n) is 3.51. The third kappa shape index (κ3) is 3.33. The summed E-state index contributed by atoms with van der Waals surface area (Å²) >= 11 is 0. The summed E-state index contributed by atoms with van der Waals surface area (Å²) in [6, 6.07) is 7.74. The van der Waals surface area contributed by atoms with E-state index in [0.29, 0.717) is 18.8 Å². The molecule has 0 saturated carbocycles. The Bertz CT molecular complexity index is 779. The van der Waals surface area contributed by atoms with Crippen molar-refractivity contribution in [3.63, 3.8) is 0 Å². The highest BCUT2D eigenvalue weighted by molar-refractivity contribution is 5.95. The fourth-order valence-electron chi connectivity index (χ4n) is 2.35. The number of carboxylic acids is 1. The fraction of sp³-hybridized carbons (Fsp3) is 0.188. The maximum Gasteiger partial charge on any atom is 0.339 e. The highest BCUT2D eigenvalue weighted by Gasteiger charge is 2.20. The van der Waals surface area contributed by atoms with E-state index in [2.05, 4.69) is 10.3 Å². The number of hydrogen-bond acceptors (Lipinski definition) is 5. The lowest BCUT2D eigenvalue weighted by Gasteiger charge is -2.27. The van der Waals surface area contributed by atoms with Gasteiger partial charge in [0.25, 0.3) is 5.91 Å². The van der Waals surface area contributed by atoms with Gasteiger partial charge < -0.3 is 20.1 Å². The van der Waals surface area contributed by atoms with Crippen molar-refractivity contribution in [1.82, 2.24) is 4.98 Å². The summed E-state index contributed by atoms with van der Waals surface area (Å²) in [6.45, 7) is 1.02.